The average Bonchev–Trinajstić information content (AvgIpc) is 2.72. The molecule has 0 heterocycles. The molecule has 142 valence electrons. The van der Waals surface area contributed by atoms with Gasteiger partial charge in [-0.25, -0.2) is 5.43 Å². The van der Waals surface area contributed by atoms with Crippen molar-refractivity contribution in [2.24, 2.45) is 5.10 Å². The van der Waals surface area contributed by atoms with Gasteiger partial charge in [0, 0.05) is 11.3 Å². The number of hydrazone groups is 1. The number of anilines is 1. The van der Waals surface area contributed by atoms with E-state index in [0.29, 0.717) is 22.7 Å². The van der Waals surface area contributed by atoms with Crippen LogP contribution < -0.4 is 15.5 Å². The third kappa shape index (κ3) is 4.73. The second kappa shape index (κ2) is 8.81. The van der Waals surface area contributed by atoms with Crippen molar-refractivity contribution in [3.8, 4) is 5.75 Å². The summed E-state index contributed by atoms with van der Waals surface area (Å²) < 4.78 is 5.21. The van der Waals surface area contributed by atoms with Gasteiger partial charge in [0.15, 0.2) is 0 Å². The maximum atomic E-state index is 12.3. The third-order valence-corrected chi connectivity index (χ3v) is 4.16. The number of nitrogens with zero attached hydrogens (tertiary/aromatic N) is 1. The van der Waals surface area contributed by atoms with E-state index in [-0.39, 0.29) is 18.2 Å². The minimum atomic E-state index is -0.324. The number of carbonyl (C=O) groups excluding carboxylic acids is 2. The van der Waals surface area contributed by atoms with Crippen LogP contribution in [0, 0.1) is 0 Å². The highest BCUT2D eigenvalue weighted by molar-refractivity contribution is 6.06. The van der Waals surface area contributed by atoms with Crippen molar-refractivity contribution >= 4 is 34.0 Å². The molecule has 28 heavy (non-hydrogen) atoms. The van der Waals surface area contributed by atoms with Crippen molar-refractivity contribution < 1.29 is 14.3 Å². The van der Waals surface area contributed by atoms with E-state index < -0.39 is 0 Å². The quantitative estimate of drug-likeness (QED) is 0.505. The van der Waals surface area contributed by atoms with Crippen molar-refractivity contribution in [3.05, 3.63) is 72.3 Å². The smallest absolute Gasteiger partial charge is 0.271 e. The molecule has 0 aliphatic carbocycles. The molecule has 3 rings (SSSR count). The van der Waals surface area contributed by atoms with E-state index in [4.69, 9.17) is 4.74 Å². The molecule has 0 spiro atoms. The van der Waals surface area contributed by atoms with Crippen molar-refractivity contribution in [2.75, 3.05) is 12.4 Å². The lowest BCUT2D eigenvalue weighted by atomic mass is 10.1. The molecule has 2 amide bonds. The Morgan fingerprint density at radius 3 is 2.46 bits per heavy atom. The van der Waals surface area contributed by atoms with Gasteiger partial charge in [0.05, 0.1) is 19.2 Å². The zero-order valence-electron chi connectivity index (χ0n) is 15.7. The fourth-order valence-corrected chi connectivity index (χ4v) is 2.76. The molecule has 6 heteroatoms. The average molecular weight is 375 g/mol. The van der Waals surface area contributed by atoms with Crippen molar-refractivity contribution in [2.45, 2.75) is 13.3 Å². The zero-order valence-corrected chi connectivity index (χ0v) is 15.7. The molecule has 6 nitrogen and oxygen atoms in total. The number of para-hydroxylation sites is 2. The van der Waals surface area contributed by atoms with Crippen molar-refractivity contribution in [3.63, 3.8) is 0 Å². The van der Waals surface area contributed by atoms with Crippen molar-refractivity contribution in [1.29, 1.82) is 0 Å². The van der Waals surface area contributed by atoms with Gasteiger partial charge in [-0.2, -0.15) is 5.10 Å². The van der Waals surface area contributed by atoms with Crippen LogP contribution in [0.1, 0.15) is 23.7 Å². The van der Waals surface area contributed by atoms with E-state index in [1.54, 1.807) is 32.2 Å². The number of methoxy groups -OCH3 is 1. The number of benzene rings is 3. The van der Waals surface area contributed by atoms with E-state index in [9.17, 15) is 9.59 Å². The van der Waals surface area contributed by atoms with Crippen LogP contribution in [0.4, 0.5) is 5.69 Å². The molecule has 0 bridgehead atoms. The fourth-order valence-electron chi connectivity index (χ4n) is 2.76. The van der Waals surface area contributed by atoms with E-state index in [1.165, 1.54) is 0 Å². The van der Waals surface area contributed by atoms with Gasteiger partial charge in [0.1, 0.15) is 5.75 Å². The zero-order chi connectivity index (χ0) is 19.9. The minimum absolute atomic E-state index is 0.0516. The number of amides is 2. The highest BCUT2D eigenvalue weighted by atomic mass is 16.5. The molecule has 0 fully saturated rings. The first-order valence-corrected chi connectivity index (χ1v) is 8.82. The van der Waals surface area contributed by atoms with Crippen LogP contribution in [0.5, 0.6) is 5.75 Å². The van der Waals surface area contributed by atoms with Crippen LogP contribution in [0.3, 0.4) is 0 Å². The van der Waals surface area contributed by atoms with E-state index in [1.807, 2.05) is 48.5 Å². The SMILES string of the molecule is COc1ccccc1NC(=O)C/C(C)=N/NC(=O)c1ccc2ccccc2c1. The number of rotatable bonds is 6. The molecule has 2 N–H and O–H groups in total. The highest BCUT2D eigenvalue weighted by Crippen LogP contribution is 2.23. The number of ether oxygens (including phenoxy) is 1. The summed E-state index contributed by atoms with van der Waals surface area (Å²) in [6.07, 6.45) is 0.0516. The molecule has 0 atom stereocenters. The van der Waals surface area contributed by atoms with Gasteiger partial charge in [-0.15, -0.1) is 0 Å². The fraction of sp³-hybridized carbons (Fsp3) is 0.136. The summed E-state index contributed by atoms with van der Waals surface area (Å²) >= 11 is 0. The number of nitrogens with one attached hydrogen (secondary N) is 2. The number of hydrogen-bond donors (Lipinski definition) is 2. The standard InChI is InChI=1S/C22H21N3O3/c1-15(13-21(26)23-19-9-5-6-10-20(19)28-2)24-25-22(27)18-12-11-16-7-3-4-8-17(16)14-18/h3-12,14H,13H2,1-2H3,(H,23,26)(H,25,27)/b24-15+. The van der Waals surface area contributed by atoms with Crippen molar-refractivity contribution in [1.82, 2.24) is 5.43 Å². The van der Waals surface area contributed by atoms with Crippen LogP contribution in [0.25, 0.3) is 10.8 Å². The second-order valence-electron chi connectivity index (χ2n) is 6.28. The highest BCUT2D eigenvalue weighted by Gasteiger charge is 2.09. The van der Waals surface area contributed by atoms with Gasteiger partial charge in [-0.1, -0.05) is 42.5 Å². The summed E-state index contributed by atoms with van der Waals surface area (Å²) in [5.41, 5.74) is 4.08. The van der Waals surface area contributed by atoms with Gasteiger partial charge in [0.2, 0.25) is 5.91 Å². The molecule has 3 aromatic carbocycles. The van der Waals surface area contributed by atoms with Crippen LogP contribution >= 0.6 is 0 Å². The van der Waals surface area contributed by atoms with Crippen LogP contribution in [-0.4, -0.2) is 24.6 Å². The topological polar surface area (TPSA) is 79.8 Å². The van der Waals surface area contributed by atoms with Gasteiger partial charge >= 0.3 is 0 Å². The molecular formula is C22H21N3O3. The van der Waals surface area contributed by atoms with Gasteiger partial charge in [-0.05, 0) is 42.0 Å². The molecular weight excluding hydrogens is 354 g/mol. The Morgan fingerprint density at radius 1 is 0.964 bits per heavy atom. The number of carbonyl (C=O) groups is 2. The summed E-state index contributed by atoms with van der Waals surface area (Å²) in [4.78, 5) is 24.5. The lowest BCUT2D eigenvalue weighted by Crippen LogP contribution is -2.21. The van der Waals surface area contributed by atoms with E-state index >= 15 is 0 Å². The van der Waals surface area contributed by atoms with E-state index in [2.05, 4.69) is 15.8 Å². The second-order valence-corrected chi connectivity index (χ2v) is 6.28. The van der Waals surface area contributed by atoms with Gasteiger partial charge in [0.25, 0.3) is 5.91 Å². The normalized spacial score (nSPS) is 11.1. The van der Waals surface area contributed by atoms with Crippen LogP contribution in [0.2, 0.25) is 0 Å². The predicted octanol–water partition coefficient (Wildman–Crippen LogP) is 3.98. The summed E-state index contributed by atoms with van der Waals surface area (Å²) in [5.74, 6) is 0.0102. The van der Waals surface area contributed by atoms with Gasteiger partial charge in [-0.3, -0.25) is 9.59 Å². The Labute approximate surface area is 163 Å². The lowest BCUT2D eigenvalue weighted by molar-refractivity contribution is -0.115. The molecule has 0 unspecified atom stereocenters. The molecule has 0 saturated heterocycles. The molecule has 0 aliphatic rings. The molecule has 3 aromatic rings. The Bertz CT molecular complexity index is 1040. The summed E-state index contributed by atoms with van der Waals surface area (Å²) in [5, 5.41) is 8.84. The van der Waals surface area contributed by atoms with Gasteiger partial charge < -0.3 is 10.1 Å². The van der Waals surface area contributed by atoms with Crippen LogP contribution in [0.15, 0.2) is 71.8 Å². The Balaban J connectivity index is 1.59. The third-order valence-electron chi connectivity index (χ3n) is 4.16. The number of fused-ring (bicyclic) bond motifs is 1. The predicted molar refractivity (Wildman–Crippen MR) is 111 cm³/mol. The lowest BCUT2D eigenvalue weighted by Gasteiger charge is -2.09. The summed E-state index contributed by atoms with van der Waals surface area (Å²) in [6.45, 7) is 1.68. The molecule has 0 radical (unpaired) electrons. The number of hydrogen-bond acceptors (Lipinski definition) is 4. The Hall–Kier alpha value is -3.67. The maximum Gasteiger partial charge on any atom is 0.271 e. The molecule has 0 aromatic heterocycles. The first-order valence-electron chi connectivity index (χ1n) is 8.82. The Morgan fingerprint density at radius 2 is 1.68 bits per heavy atom. The minimum Gasteiger partial charge on any atom is -0.495 e. The molecule has 0 aliphatic heterocycles. The maximum absolute atomic E-state index is 12.3. The molecule has 0 saturated carbocycles. The summed E-state index contributed by atoms with van der Waals surface area (Å²) in [6, 6.07) is 20.4. The first-order chi connectivity index (χ1) is 13.6. The summed E-state index contributed by atoms with van der Waals surface area (Å²) in [7, 11) is 1.54. The Kier molecular flexibility index (Phi) is 6.01. The first kappa shape index (κ1) is 19.1. The monoisotopic (exact) mass is 375 g/mol. The van der Waals surface area contributed by atoms with Crippen LogP contribution in [-0.2, 0) is 4.79 Å². The van der Waals surface area contributed by atoms with E-state index in [0.717, 1.165) is 10.8 Å². The largest absolute Gasteiger partial charge is 0.495 e.